The molecule has 0 saturated carbocycles. The van der Waals surface area contributed by atoms with Crippen LogP contribution in [-0.2, 0) is 0 Å². The maximum atomic E-state index is 5.84. The van der Waals surface area contributed by atoms with E-state index in [1.54, 1.807) is 0 Å². The first-order valence-electron chi connectivity index (χ1n) is 22.0. The monoisotopic (exact) mass is 851 g/mol. The van der Waals surface area contributed by atoms with E-state index in [2.05, 4.69) is 201 Å². The highest BCUT2D eigenvalue weighted by atomic mass is 32.1. The SMILES string of the molecule is Cc1c2cc3ccccc3c1-c1ccc3ccccc3c1C(C)c1ccc3c(ccc4c5ccccc5sc34)c1N2c1nc(-c2ccccc2)c2c(ccc3c4ccccc4sc32)n1. The van der Waals surface area contributed by atoms with Gasteiger partial charge in [0.1, 0.15) is 0 Å². The molecular formula is C59H37N3S2. The minimum atomic E-state index is 0.000686. The molecule has 3 aromatic heterocycles. The van der Waals surface area contributed by atoms with Gasteiger partial charge in [0.05, 0.1) is 22.6 Å². The van der Waals surface area contributed by atoms with E-state index in [1.165, 1.54) is 100 Å². The minimum absolute atomic E-state index is 0.000686. The van der Waals surface area contributed by atoms with Crippen LogP contribution in [0.4, 0.5) is 17.3 Å². The third-order valence-corrected chi connectivity index (χ3v) is 16.3. The van der Waals surface area contributed by atoms with E-state index >= 15 is 0 Å². The van der Waals surface area contributed by atoms with Crippen molar-refractivity contribution in [3.63, 3.8) is 0 Å². The summed E-state index contributed by atoms with van der Waals surface area (Å²) in [5.74, 6) is 0.657. The van der Waals surface area contributed by atoms with Crippen LogP contribution in [0.2, 0.25) is 0 Å². The number of benzene rings is 10. The molecule has 1 unspecified atom stereocenters. The van der Waals surface area contributed by atoms with Gasteiger partial charge in [-0.15, -0.1) is 22.7 Å². The predicted molar refractivity (Wildman–Crippen MR) is 276 cm³/mol. The van der Waals surface area contributed by atoms with Crippen molar-refractivity contribution >= 4 is 124 Å². The summed E-state index contributed by atoms with van der Waals surface area (Å²) in [5.41, 5.74) is 11.4. The second kappa shape index (κ2) is 13.5. The Bertz CT molecular complexity index is 4130. The topological polar surface area (TPSA) is 29.0 Å². The zero-order valence-electron chi connectivity index (χ0n) is 35.1. The van der Waals surface area contributed by atoms with Crippen molar-refractivity contribution < 1.29 is 0 Å². The van der Waals surface area contributed by atoms with Crippen LogP contribution in [0.1, 0.15) is 29.5 Å². The molecule has 3 nitrogen and oxygen atoms in total. The summed E-state index contributed by atoms with van der Waals surface area (Å²) in [5, 5.41) is 13.6. The molecule has 2 bridgehead atoms. The number of anilines is 3. The number of hydrogen-bond acceptors (Lipinski definition) is 5. The summed E-state index contributed by atoms with van der Waals surface area (Å²) in [4.78, 5) is 14.0. The van der Waals surface area contributed by atoms with Crippen molar-refractivity contribution in [1.82, 2.24) is 9.97 Å². The Morgan fingerprint density at radius 3 is 1.91 bits per heavy atom. The summed E-state index contributed by atoms with van der Waals surface area (Å²) in [7, 11) is 0. The normalized spacial score (nSPS) is 13.9. The van der Waals surface area contributed by atoms with Crippen LogP contribution < -0.4 is 4.90 Å². The highest BCUT2D eigenvalue weighted by molar-refractivity contribution is 7.27. The van der Waals surface area contributed by atoms with Gasteiger partial charge >= 0.3 is 0 Å². The molecule has 1 atom stereocenters. The smallest absolute Gasteiger partial charge is 0.235 e. The van der Waals surface area contributed by atoms with Gasteiger partial charge in [-0.25, -0.2) is 9.97 Å². The van der Waals surface area contributed by atoms with Gasteiger partial charge < -0.3 is 0 Å². The Balaban J connectivity index is 1.18. The molecule has 64 heavy (non-hydrogen) atoms. The van der Waals surface area contributed by atoms with Crippen LogP contribution in [0.15, 0.2) is 182 Å². The number of nitrogens with zero attached hydrogens (tertiary/aromatic N) is 3. The van der Waals surface area contributed by atoms with Gasteiger partial charge in [-0.3, -0.25) is 4.90 Å². The van der Waals surface area contributed by atoms with Crippen molar-refractivity contribution in [2.24, 2.45) is 0 Å². The van der Waals surface area contributed by atoms with Crippen LogP contribution in [0, 0.1) is 6.92 Å². The molecule has 0 amide bonds. The second-order valence-corrected chi connectivity index (χ2v) is 19.3. The fourth-order valence-electron chi connectivity index (χ4n) is 11.0. The standard InChI is InChI=1S/C59H37N3S2/c1-33-38-26-28-46-43(27-29-44-41-20-10-12-22-50(41)63-57(44)46)56(38)62(49-32-37-17-7-9-19-40(37)53(34(49)2)47-25-24-35-14-6-8-18-39(35)52(33)47)59-60-48-31-30-45-42-21-11-13-23-51(42)64-58(45)54(48)55(61-59)36-15-4-3-5-16-36/h3-33H,1-2H3. The molecule has 0 aliphatic carbocycles. The van der Waals surface area contributed by atoms with Crippen molar-refractivity contribution in [2.75, 3.05) is 4.90 Å². The Hall–Kier alpha value is -7.44. The Labute approximate surface area is 377 Å². The summed E-state index contributed by atoms with van der Waals surface area (Å²) in [6, 6.07) is 67.2. The molecule has 5 heteroatoms. The van der Waals surface area contributed by atoms with Crippen molar-refractivity contribution in [1.29, 1.82) is 0 Å². The van der Waals surface area contributed by atoms with Crippen molar-refractivity contribution in [3.8, 4) is 22.4 Å². The van der Waals surface area contributed by atoms with Gasteiger partial charge in [0, 0.05) is 68.0 Å². The van der Waals surface area contributed by atoms with Crippen LogP contribution in [0.3, 0.4) is 0 Å². The predicted octanol–water partition coefficient (Wildman–Crippen LogP) is 17.4. The molecule has 0 saturated heterocycles. The number of thiophene rings is 2. The van der Waals surface area contributed by atoms with Gasteiger partial charge in [0.25, 0.3) is 0 Å². The third-order valence-electron chi connectivity index (χ3n) is 13.9. The molecule has 14 rings (SSSR count). The van der Waals surface area contributed by atoms with Crippen molar-refractivity contribution in [3.05, 3.63) is 199 Å². The number of fused-ring (bicyclic) bond motifs is 20. The van der Waals surface area contributed by atoms with E-state index in [-0.39, 0.29) is 5.92 Å². The van der Waals surface area contributed by atoms with Gasteiger partial charge in [-0.1, -0.05) is 165 Å². The van der Waals surface area contributed by atoms with E-state index in [9.17, 15) is 0 Å². The number of aromatic nitrogens is 2. The van der Waals surface area contributed by atoms with Gasteiger partial charge in [0.15, 0.2) is 0 Å². The summed E-state index contributed by atoms with van der Waals surface area (Å²) >= 11 is 3.72. The van der Waals surface area contributed by atoms with E-state index < -0.39 is 0 Å². The first-order chi connectivity index (χ1) is 31.6. The summed E-state index contributed by atoms with van der Waals surface area (Å²) in [6.45, 7) is 4.72. The van der Waals surface area contributed by atoms with Crippen LogP contribution in [0.25, 0.3) is 106 Å². The lowest BCUT2D eigenvalue weighted by molar-refractivity contribution is 0.932. The highest BCUT2D eigenvalue weighted by Gasteiger charge is 2.33. The molecular weight excluding hydrogens is 815 g/mol. The fraction of sp³-hybridized carbons (Fsp3) is 0.0508. The van der Waals surface area contributed by atoms with E-state index in [1.807, 2.05) is 22.7 Å². The first-order valence-corrected chi connectivity index (χ1v) is 23.6. The third kappa shape index (κ3) is 5.02. The van der Waals surface area contributed by atoms with Crippen molar-refractivity contribution in [2.45, 2.75) is 19.8 Å². The molecule has 13 aromatic rings. The highest BCUT2D eigenvalue weighted by Crippen LogP contribution is 2.54. The minimum Gasteiger partial charge on any atom is -0.278 e. The largest absolute Gasteiger partial charge is 0.278 e. The zero-order valence-corrected chi connectivity index (χ0v) is 36.7. The Kier molecular flexibility index (Phi) is 7.63. The number of rotatable bonds is 2. The Morgan fingerprint density at radius 2 is 1.11 bits per heavy atom. The van der Waals surface area contributed by atoms with Gasteiger partial charge in [-0.05, 0) is 80.6 Å². The maximum Gasteiger partial charge on any atom is 0.235 e. The molecule has 0 N–H and O–H groups in total. The second-order valence-electron chi connectivity index (χ2n) is 17.2. The number of hydrogen-bond donors (Lipinski definition) is 0. The van der Waals surface area contributed by atoms with E-state index in [4.69, 9.17) is 9.97 Å². The van der Waals surface area contributed by atoms with Crippen LogP contribution in [0.5, 0.6) is 0 Å². The average molecular weight is 852 g/mol. The molecule has 0 fully saturated rings. The molecule has 0 spiro atoms. The quantitative estimate of drug-likeness (QED) is 0.173. The molecule has 1 aliphatic heterocycles. The Morgan fingerprint density at radius 1 is 0.500 bits per heavy atom. The lowest BCUT2D eigenvalue weighted by Gasteiger charge is -2.30. The fourth-order valence-corrected chi connectivity index (χ4v) is 13.4. The van der Waals surface area contributed by atoms with E-state index in [0.717, 1.165) is 33.5 Å². The van der Waals surface area contributed by atoms with Gasteiger partial charge in [-0.2, -0.15) is 0 Å². The summed E-state index contributed by atoms with van der Waals surface area (Å²) < 4.78 is 5.08. The van der Waals surface area contributed by atoms with Gasteiger partial charge in [0.2, 0.25) is 5.95 Å². The van der Waals surface area contributed by atoms with E-state index in [0.29, 0.717) is 5.95 Å². The average Bonchev–Trinajstić information content (AvgIpc) is 3.93. The van der Waals surface area contributed by atoms with Crippen LogP contribution in [-0.4, -0.2) is 9.97 Å². The lowest BCUT2D eigenvalue weighted by Crippen LogP contribution is -2.18. The molecule has 0 radical (unpaired) electrons. The van der Waals surface area contributed by atoms with Crippen LogP contribution >= 0.6 is 22.7 Å². The molecule has 4 heterocycles. The molecule has 1 aliphatic rings. The maximum absolute atomic E-state index is 5.84. The lowest BCUT2D eigenvalue weighted by atomic mass is 9.81. The first kappa shape index (κ1) is 36.1. The molecule has 300 valence electrons. The summed E-state index contributed by atoms with van der Waals surface area (Å²) in [6.07, 6.45) is 0. The molecule has 10 aromatic carbocycles. The zero-order chi connectivity index (χ0) is 42.2.